The van der Waals surface area contributed by atoms with Crippen LogP contribution >= 0.6 is 18.6 Å². The average Bonchev–Trinajstić information content (AvgIpc) is 3.24. The quantitative estimate of drug-likeness (QED) is 0.0436. The normalized spacial score (nSPS) is 16.2. The molecule has 6 aromatic carbocycles. The first-order chi connectivity index (χ1) is 26.4. The van der Waals surface area contributed by atoms with Crippen LogP contribution in [-0.2, 0) is 19.1 Å². The zero-order valence-corrected chi connectivity index (χ0v) is 31.8. The number of esters is 1. The molecule has 0 radical (unpaired) electrons. The van der Waals surface area contributed by atoms with Gasteiger partial charge in [-0.1, -0.05) is 195 Å². The lowest BCUT2D eigenvalue weighted by Crippen LogP contribution is -2.73. The number of aliphatic hydroxyl groups is 1. The molecule has 1 amide bonds. The lowest BCUT2D eigenvalue weighted by atomic mass is 9.84. The van der Waals surface area contributed by atoms with Crippen molar-refractivity contribution < 1.29 is 19.4 Å². The highest BCUT2D eigenvalue weighted by Crippen LogP contribution is 2.58. The lowest BCUT2D eigenvalue weighted by molar-refractivity contribution is -0.146. The smallest absolute Gasteiger partial charge is 0.356 e. The molecule has 0 aromatic heterocycles. The second-order valence-electron chi connectivity index (χ2n) is 13.2. The summed E-state index contributed by atoms with van der Waals surface area (Å²) in [6, 6.07) is 60.2. The van der Waals surface area contributed by atoms with Crippen molar-refractivity contribution in [2.24, 2.45) is 0 Å². The molecule has 1 aliphatic heterocycles. The van der Waals surface area contributed by atoms with E-state index in [1.54, 1.807) is 11.8 Å². The number of amides is 1. The molecule has 1 aliphatic rings. The van der Waals surface area contributed by atoms with Crippen molar-refractivity contribution in [1.29, 1.82) is 0 Å². The number of nitrogens with zero attached hydrogens (tertiary/aromatic N) is 1. The summed E-state index contributed by atoms with van der Waals surface area (Å²) in [5.74, 6) is -0.954. The van der Waals surface area contributed by atoms with Crippen LogP contribution in [0.2, 0.25) is 0 Å². The molecular weight excluding hydrogens is 706 g/mol. The van der Waals surface area contributed by atoms with Gasteiger partial charge in [-0.15, -0.1) is 11.8 Å². The third-order valence-corrected chi connectivity index (χ3v) is 16.4. The van der Waals surface area contributed by atoms with Gasteiger partial charge in [0.1, 0.15) is 16.8 Å². The molecule has 5 nitrogen and oxygen atoms in total. The number of carbonyl (C=O) groups excluding carboxylic acids is 2. The molecule has 1 saturated heterocycles. The number of benzene rings is 6. The standard InChI is InChI=1S/C47H42NO4PS/c1-3-34-52-44(50)43(53(40-28-16-7-17-29-40,41-30-18-8-19-31-41)42-32-20-9-21-33-42)48-35-46(36(2)49,45(48)51)54-47(37-22-10-4-11-23-37,38-24-12-5-13-25-38)39-26-14-6-15-27-39/h3-33,36,49H,1,34-35H2,2H3/t36-,46?/m1/s1. The predicted molar refractivity (Wildman–Crippen MR) is 224 cm³/mol. The van der Waals surface area contributed by atoms with Crippen molar-refractivity contribution in [3.05, 3.63) is 211 Å². The molecule has 0 aliphatic carbocycles. The van der Waals surface area contributed by atoms with Crippen LogP contribution in [0.5, 0.6) is 0 Å². The van der Waals surface area contributed by atoms with Crippen molar-refractivity contribution in [2.45, 2.75) is 22.5 Å². The van der Waals surface area contributed by atoms with Crippen molar-refractivity contribution in [2.75, 3.05) is 13.2 Å². The topological polar surface area (TPSA) is 66.8 Å². The van der Waals surface area contributed by atoms with Crippen molar-refractivity contribution in [1.82, 2.24) is 4.90 Å². The maximum atomic E-state index is 15.6. The van der Waals surface area contributed by atoms with Crippen LogP contribution in [0.4, 0.5) is 0 Å². The van der Waals surface area contributed by atoms with E-state index in [0.717, 1.165) is 32.6 Å². The van der Waals surface area contributed by atoms with Gasteiger partial charge in [0, 0.05) is 6.89 Å². The molecule has 1 heterocycles. The summed E-state index contributed by atoms with van der Waals surface area (Å²) in [5, 5.41) is 14.6. The highest BCUT2D eigenvalue weighted by Gasteiger charge is 2.63. The van der Waals surface area contributed by atoms with Gasteiger partial charge in [-0.3, -0.25) is 4.79 Å². The van der Waals surface area contributed by atoms with E-state index < -0.39 is 28.5 Å². The number of hydrogen-bond acceptors (Lipinski definition) is 5. The summed E-state index contributed by atoms with van der Waals surface area (Å²) in [6.45, 7) is 2.41. The minimum atomic E-state index is -3.11. The molecule has 270 valence electrons. The Labute approximate surface area is 321 Å². The van der Waals surface area contributed by atoms with Gasteiger partial charge in [0.15, 0.2) is 0 Å². The summed E-state index contributed by atoms with van der Waals surface area (Å²) in [4.78, 5) is 32.0. The van der Waals surface area contributed by atoms with E-state index in [-0.39, 0.29) is 24.5 Å². The van der Waals surface area contributed by atoms with Crippen molar-refractivity contribution in [3.63, 3.8) is 0 Å². The van der Waals surface area contributed by atoms with Crippen LogP contribution in [-0.4, -0.2) is 51.3 Å². The third-order valence-electron chi connectivity index (χ3n) is 10.1. The van der Waals surface area contributed by atoms with Crippen LogP contribution in [0, 0.1) is 0 Å². The first-order valence-corrected chi connectivity index (χ1v) is 20.6. The molecule has 1 N–H and O–H groups in total. The van der Waals surface area contributed by atoms with Crippen molar-refractivity contribution >= 4 is 51.9 Å². The van der Waals surface area contributed by atoms with Gasteiger partial charge in [-0.25, -0.2) is 4.79 Å². The van der Waals surface area contributed by atoms with Crippen LogP contribution < -0.4 is 15.9 Å². The maximum absolute atomic E-state index is 15.6. The predicted octanol–water partition coefficient (Wildman–Crippen LogP) is 7.53. The number of likely N-dealkylation sites (tertiary alicyclic amines) is 1. The summed E-state index contributed by atoms with van der Waals surface area (Å²) in [7, 11) is 0. The molecule has 0 bridgehead atoms. The zero-order valence-electron chi connectivity index (χ0n) is 30.1. The van der Waals surface area contributed by atoms with Crippen LogP contribution in [0.15, 0.2) is 195 Å². The number of ether oxygens (including phenoxy) is 1. The Morgan fingerprint density at radius 2 is 1.07 bits per heavy atom. The van der Waals surface area contributed by atoms with Gasteiger partial charge in [0.2, 0.25) is 5.91 Å². The van der Waals surface area contributed by atoms with Gasteiger partial charge in [0.05, 0.1) is 17.4 Å². The van der Waals surface area contributed by atoms with E-state index in [0.29, 0.717) is 0 Å². The van der Waals surface area contributed by atoms with Crippen molar-refractivity contribution in [3.8, 4) is 0 Å². The number of β-lactam (4-membered cyclic amide) rings is 1. The first-order valence-electron chi connectivity index (χ1n) is 18.0. The minimum Gasteiger partial charge on any atom is -0.457 e. The van der Waals surface area contributed by atoms with E-state index in [1.807, 2.05) is 146 Å². The van der Waals surface area contributed by atoms with Crippen LogP contribution in [0.25, 0.3) is 0 Å². The fraction of sp³-hybridized carbons (Fsp3) is 0.128. The monoisotopic (exact) mass is 747 g/mol. The number of carbonyl (C=O) groups is 2. The van der Waals surface area contributed by atoms with Gasteiger partial charge in [-0.2, -0.15) is 0 Å². The van der Waals surface area contributed by atoms with Gasteiger partial charge in [0.25, 0.3) is 0 Å². The molecule has 1 unspecified atom stereocenters. The first kappa shape index (κ1) is 36.9. The van der Waals surface area contributed by atoms with E-state index >= 15 is 4.79 Å². The highest BCUT2D eigenvalue weighted by molar-refractivity contribution is 8.03. The average molecular weight is 748 g/mol. The van der Waals surface area contributed by atoms with Gasteiger partial charge < -0.3 is 14.7 Å². The maximum Gasteiger partial charge on any atom is 0.356 e. The van der Waals surface area contributed by atoms with Gasteiger partial charge in [-0.05, 0) is 39.5 Å². The second-order valence-corrected chi connectivity index (χ2v) is 18.1. The molecular formula is C47H42NO4PS. The van der Waals surface area contributed by atoms with E-state index in [9.17, 15) is 9.90 Å². The molecule has 0 spiro atoms. The Morgan fingerprint density at radius 1 is 0.722 bits per heavy atom. The second kappa shape index (κ2) is 15.9. The summed E-state index contributed by atoms with van der Waals surface area (Å²) >= 11 is 1.44. The fourth-order valence-electron chi connectivity index (χ4n) is 7.52. The van der Waals surface area contributed by atoms with Gasteiger partial charge >= 0.3 is 5.97 Å². The Balaban J connectivity index is 1.52. The SMILES string of the molecule is C=CCOC(=O)C(N1CC(SC(c2ccccc2)(c2ccccc2)c2ccccc2)([C@@H](C)O)C1=O)=P(c1ccccc1)(c1ccccc1)c1ccccc1. The Bertz CT molecular complexity index is 2070. The third kappa shape index (κ3) is 6.35. The minimum absolute atomic E-state index is 0.0296. The Kier molecular flexibility index (Phi) is 10.9. The lowest BCUT2D eigenvalue weighted by Gasteiger charge is -2.55. The van der Waals surface area contributed by atoms with Crippen LogP contribution in [0.1, 0.15) is 23.6 Å². The number of hydrogen-bond donors (Lipinski definition) is 1. The van der Waals surface area contributed by atoms with E-state index in [2.05, 4.69) is 43.0 Å². The Morgan fingerprint density at radius 3 is 1.39 bits per heavy atom. The number of aliphatic hydroxyl groups excluding tert-OH is 1. The largest absolute Gasteiger partial charge is 0.457 e. The number of rotatable bonds is 13. The molecule has 2 atom stereocenters. The van der Waals surface area contributed by atoms with E-state index in [1.165, 1.54) is 17.8 Å². The highest BCUT2D eigenvalue weighted by atomic mass is 32.2. The summed E-state index contributed by atoms with van der Waals surface area (Å²) in [6.07, 6.45) is 0.440. The summed E-state index contributed by atoms with van der Waals surface area (Å²) < 4.78 is 3.67. The summed E-state index contributed by atoms with van der Waals surface area (Å²) in [5.41, 5.74) is 3.16. The molecule has 1 fully saturated rings. The Hall–Kier alpha value is -5.39. The molecule has 7 heteroatoms. The van der Waals surface area contributed by atoms with E-state index in [4.69, 9.17) is 4.74 Å². The number of thioether (sulfide) groups is 1. The molecule has 0 saturated carbocycles. The molecule has 54 heavy (non-hydrogen) atoms. The molecule has 6 aromatic rings. The fourth-order valence-corrected chi connectivity index (χ4v) is 13.7. The zero-order chi connectivity index (χ0) is 37.6. The molecule has 7 rings (SSSR count). The van der Waals surface area contributed by atoms with Crippen LogP contribution in [0.3, 0.4) is 0 Å².